The van der Waals surface area contributed by atoms with Gasteiger partial charge in [-0.2, -0.15) is 0 Å². The van der Waals surface area contributed by atoms with Crippen molar-refractivity contribution in [2.24, 2.45) is 23.7 Å². The summed E-state index contributed by atoms with van der Waals surface area (Å²) < 4.78 is 22.7. The highest BCUT2D eigenvalue weighted by molar-refractivity contribution is 8.26. The van der Waals surface area contributed by atoms with Crippen molar-refractivity contribution in [3.63, 3.8) is 0 Å². The fourth-order valence-corrected chi connectivity index (χ4v) is 8.62. The van der Waals surface area contributed by atoms with E-state index in [0.717, 1.165) is 17.4 Å². The van der Waals surface area contributed by atoms with Crippen LogP contribution in [0.4, 0.5) is 0 Å². The number of rotatable bonds is 6. The lowest BCUT2D eigenvalue weighted by molar-refractivity contribution is -0.130. The number of hydrogen-bond acceptors (Lipinski definition) is 8. The van der Waals surface area contributed by atoms with Crippen molar-refractivity contribution in [1.82, 2.24) is 4.90 Å². The van der Waals surface area contributed by atoms with E-state index in [2.05, 4.69) is 0 Å². The topological polar surface area (TPSA) is 82.1 Å². The molecule has 1 saturated heterocycles. The van der Waals surface area contributed by atoms with Gasteiger partial charge in [-0.05, 0) is 86.1 Å². The number of hydrogen-bond donors (Lipinski definition) is 0. The molecular weight excluding hydrogens is 522 g/mol. The van der Waals surface area contributed by atoms with E-state index >= 15 is 0 Å². The average Bonchev–Trinajstić information content (AvgIpc) is 3.46. The van der Waals surface area contributed by atoms with Gasteiger partial charge in [-0.1, -0.05) is 24.0 Å². The zero-order chi connectivity index (χ0) is 26.0. The molecule has 0 spiro atoms. The van der Waals surface area contributed by atoms with Gasteiger partial charge in [0.1, 0.15) is 27.2 Å². The van der Waals surface area contributed by atoms with E-state index in [-0.39, 0.29) is 18.7 Å². The van der Waals surface area contributed by atoms with Crippen molar-refractivity contribution in [3.8, 4) is 17.1 Å². The van der Waals surface area contributed by atoms with Gasteiger partial charge in [0, 0.05) is 24.8 Å². The molecule has 38 heavy (non-hydrogen) atoms. The standard InChI is InChI=1S/C29H27NO6S2/c1-33-14-34-24-13-26(31)36-23-4-2-17(11-21(23)24)22-5-3-20(35-22)12-25-28(32)30(29(37)38-25)27-18-7-15-6-16(9-18)10-19(27)8-15/h2-5,11-13,15-16,18-19,27H,6-10,14H2,1H3/b25-12-. The van der Waals surface area contributed by atoms with Crippen molar-refractivity contribution in [3.05, 3.63) is 57.5 Å². The number of thioether (sulfide) groups is 1. The quantitative estimate of drug-likeness (QED) is 0.159. The third-order valence-electron chi connectivity index (χ3n) is 8.52. The first-order valence-electron chi connectivity index (χ1n) is 13.0. The third-order valence-corrected chi connectivity index (χ3v) is 9.85. The lowest BCUT2D eigenvalue weighted by atomic mass is 9.54. The number of thiocarbonyl (C=S) groups is 1. The Morgan fingerprint density at radius 2 is 1.79 bits per heavy atom. The van der Waals surface area contributed by atoms with Gasteiger partial charge in [0.25, 0.3) is 5.91 Å². The van der Waals surface area contributed by atoms with Gasteiger partial charge in [-0.25, -0.2) is 4.79 Å². The second-order valence-electron chi connectivity index (χ2n) is 10.9. The first-order chi connectivity index (χ1) is 18.5. The van der Waals surface area contributed by atoms with Gasteiger partial charge in [0.15, 0.2) is 6.79 Å². The molecule has 1 amide bonds. The molecule has 0 unspecified atom stereocenters. The fourth-order valence-electron chi connectivity index (χ4n) is 7.30. The predicted octanol–water partition coefficient (Wildman–Crippen LogP) is 6.06. The summed E-state index contributed by atoms with van der Waals surface area (Å²) in [7, 11) is 1.51. The van der Waals surface area contributed by atoms with Crippen molar-refractivity contribution in [2.75, 3.05) is 13.9 Å². The second-order valence-corrected chi connectivity index (χ2v) is 12.5. The van der Waals surface area contributed by atoms with E-state index in [4.69, 9.17) is 30.5 Å². The largest absolute Gasteiger partial charge is 0.467 e. The van der Waals surface area contributed by atoms with Crippen LogP contribution in [0.2, 0.25) is 0 Å². The maximum absolute atomic E-state index is 13.6. The van der Waals surface area contributed by atoms with Crippen molar-refractivity contribution >= 4 is 51.3 Å². The lowest BCUT2D eigenvalue weighted by Crippen LogP contribution is -2.57. The Morgan fingerprint density at radius 3 is 2.53 bits per heavy atom. The number of carbonyl (C=O) groups is 1. The van der Waals surface area contributed by atoms with E-state index in [1.165, 1.54) is 57.0 Å². The number of nitrogens with zero attached hydrogens (tertiary/aromatic N) is 1. The Morgan fingerprint density at radius 1 is 1.03 bits per heavy atom. The summed E-state index contributed by atoms with van der Waals surface area (Å²) in [6.07, 6.45) is 8.13. The molecule has 0 N–H and O–H groups in total. The summed E-state index contributed by atoms with van der Waals surface area (Å²) in [4.78, 5) is 28.0. The molecule has 196 valence electrons. The van der Waals surface area contributed by atoms with Gasteiger partial charge in [-0.15, -0.1) is 0 Å². The monoisotopic (exact) mass is 549 g/mol. The van der Waals surface area contributed by atoms with E-state index in [9.17, 15) is 9.59 Å². The highest BCUT2D eigenvalue weighted by Gasteiger charge is 2.53. The number of ether oxygens (including phenoxy) is 2. The van der Waals surface area contributed by atoms with Gasteiger partial charge < -0.3 is 18.3 Å². The minimum atomic E-state index is -0.498. The van der Waals surface area contributed by atoms with E-state index < -0.39 is 5.63 Å². The molecule has 3 heterocycles. The van der Waals surface area contributed by atoms with Crippen LogP contribution in [0.5, 0.6) is 5.75 Å². The zero-order valence-electron chi connectivity index (χ0n) is 20.9. The molecular formula is C29H27NO6S2. The number of fused-ring (bicyclic) bond motifs is 1. The summed E-state index contributed by atoms with van der Waals surface area (Å²) in [5.74, 6) is 4.45. The molecule has 9 heteroatoms. The molecule has 5 fully saturated rings. The van der Waals surface area contributed by atoms with Crippen LogP contribution in [0.3, 0.4) is 0 Å². The molecule has 4 saturated carbocycles. The molecule has 2 aromatic heterocycles. The number of amides is 1. The second kappa shape index (κ2) is 9.39. The van der Waals surface area contributed by atoms with E-state index in [1.54, 1.807) is 12.1 Å². The van der Waals surface area contributed by atoms with Crippen LogP contribution in [-0.2, 0) is 9.53 Å². The van der Waals surface area contributed by atoms with Crippen LogP contribution in [0.15, 0.2) is 54.9 Å². The number of furan rings is 1. The predicted molar refractivity (Wildman–Crippen MR) is 149 cm³/mol. The molecule has 5 aliphatic rings. The minimum Gasteiger partial charge on any atom is -0.467 e. The van der Waals surface area contributed by atoms with Crippen LogP contribution in [0.25, 0.3) is 28.4 Å². The molecule has 0 radical (unpaired) electrons. The Balaban J connectivity index is 1.15. The molecule has 4 aliphatic carbocycles. The van der Waals surface area contributed by atoms with E-state index in [0.29, 0.717) is 49.3 Å². The Kier molecular flexibility index (Phi) is 5.98. The SMILES string of the molecule is COCOc1cc(=O)oc2ccc(-c3ccc(/C=C4\SC(=S)N(C5C6CC7CC(C6)CC5C7)C4=O)o3)cc12. The molecule has 4 bridgehead atoms. The van der Waals surface area contributed by atoms with Crippen molar-refractivity contribution in [1.29, 1.82) is 0 Å². The third kappa shape index (κ3) is 4.12. The van der Waals surface area contributed by atoms with Gasteiger partial charge in [-0.3, -0.25) is 9.69 Å². The molecule has 8 rings (SSSR count). The summed E-state index contributed by atoms with van der Waals surface area (Å²) in [5, 5.41) is 0.633. The van der Waals surface area contributed by atoms with Gasteiger partial charge in [0.05, 0.1) is 16.4 Å². The minimum absolute atomic E-state index is 0.00927. The molecule has 0 atom stereocenters. The molecule has 7 nitrogen and oxygen atoms in total. The summed E-state index contributed by atoms with van der Waals surface area (Å²) in [6, 6.07) is 10.6. The van der Waals surface area contributed by atoms with Crippen molar-refractivity contribution in [2.45, 2.75) is 38.1 Å². The maximum atomic E-state index is 13.6. The van der Waals surface area contributed by atoms with Gasteiger partial charge in [0.2, 0.25) is 0 Å². The van der Waals surface area contributed by atoms with Crippen LogP contribution < -0.4 is 10.4 Å². The Hall–Kier alpha value is -2.88. The van der Waals surface area contributed by atoms with Crippen molar-refractivity contribution < 1.29 is 23.1 Å². The summed E-state index contributed by atoms with van der Waals surface area (Å²) >= 11 is 7.11. The number of methoxy groups -OCH3 is 1. The van der Waals surface area contributed by atoms with Crippen LogP contribution in [-0.4, -0.2) is 35.1 Å². The van der Waals surface area contributed by atoms with E-state index in [1.807, 2.05) is 29.2 Å². The molecule has 1 aliphatic heterocycles. The highest BCUT2D eigenvalue weighted by Crippen LogP contribution is 2.56. The van der Waals surface area contributed by atoms with Crippen LogP contribution >= 0.6 is 24.0 Å². The Bertz CT molecular complexity index is 1510. The highest BCUT2D eigenvalue weighted by atomic mass is 32.2. The lowest BCUT2D eigenvalue weighted by Gasteiger charge is -2.56. The zero-order valence-corrected chi connectivity index (χ0v) is 22.5. The van der Waals surface area contributed by atoms with Crippen LogP contribution in [0.1, 0.15) is 37.9 Å². The molecule has 1 aromatic carbocycles. The maximum Gasteiger partial charge on any atom is 0.339 e. The fraction of sp³-hybridized carbons (Fsp3) is 0.414. The smallest absolute Gasteiger partial charge is 0.339 e. The van der Waals surface area contributed by atoms with Gasteiger partial charge >= 0.3 is 5.63 Å². The normalized spacial score (nSPS) is 29.2. The average molecular weight is 550 g/mol. The summed E-state index contributed by atoms with van der Waals surface area (Å²) in [6.45, 7) is 0.00927. The first-order valence-corrected chi connectivity index (χ1v) is 14.3. The molecule has 3 aromatic rings. The number of benzene rings is 1. The Labute approximate surface area is 229 Å². The number of carbonyl (C=O) groups excluding carboxylic acids is 1. The van der Waals surface area contributed by atoms with Crippen LogP contribution in [0, 0.1) is 23.7 Å². The first kappa shape index (κ1) is 24.2. The summed E-state index contributed by atoms with van der Waals surface area (Å²) in [5.41, 5.74) is 0.699.